The van der Waals surface area contributed by atoms with E-state index < -0.39 is 17.5 Å². The van der Waals surface area contributed by atoms with Gasteiger partial charge in [-0.25, -0.2) is 4.79 Å². The maximum atomic E-state index is 13.1. The molecule has 0 unspecified atom stereocenters. The fourth-order valence-electron chi connectivity index (χ4n) is 4.15. The molecule has 2 aromatic carbocycles. The number of urea groups is 1. The van der Waals surface area contributed by atoms with E-state index in [1.165, 1.54) is 18.2 Å². The molecule has 162 valence electrons. The summed E-state index contributed by atoms with van der Waals surface area (Å²) in [4.78, 5) is 39.6. The van der Waals surface area contributed by atoms with Crippen molar-refractivity contribution >= 4 is 35.0 Å². The lowest BCUT2D eigenvalue weighted by Crippen LogP contribution is -2.52. The molecule has 4 amide bonds. The second-order valence-electron chi connectivity index (χ2n) is 7.65. The van der Waals surface area contributed by atoms with Crippen molar-refractivity contribution in [1.29, 1.82) is 0 Å². The molecule has 10 nitrogen and oxygen atoms in total. The molecule has 1 aromatic heterocycles. The average molecular weight is 434 g/mol. The van der Waals surface area contributed by atoms with Crippen LogP contribution in [0, 0.1) is 0 Å². The van der Waals surface area contributed by atoms with Crippen molar-refractivity contribution in [3.05, 3.63) is 64.9 Å². The Kier molecular flexibility index (Phi) is 4.36. The van der Waals surface area contributed by atoms with Gasteiger partial charge in [0, 0.05) is 17.5 Å². The number of amides is 4. The molecule has 2 aliphatic rings. The first-order valence-corrected chi connectivity index (χ1v) is 9.75. The molecule has 0 aliphatic carbocycles. The van der Waals surface area contributed by atoms with Crippen LogP contribution in [0.25, 0.3) is 11.0 Å². The fourth-order valence-corrected chi connectivity index (χ4v) is 4.15. The number of furan rings is 1. The first-order valence-electron chi connectivity index (χ1n) is 9.75. The quantitative estimate of drug-likeness (QED) is 0.243. The van der Waals surface area contributed by atoms with Gasteiger partial charge in [-0.1, -0.05) is 11.2 Å². The van der Waals surface area contributed by atoms with E-state index in [-0.39, 0.29) is 24.8 Å². The Morgan fingerprint density at radius 3 is 2.78 bits per heavy atom. The number of oxime groups is 1. The number of benzene rings is 2. The lowest BCUT2D eigenvalue weighted by atomic mass is 9.95. The van der Waals surface area contributed by atoms with Crippen LogP contribution in [0.5, 0.6) is 5.75 Å². The van der Waals surface area contributed by atoms with Crippen LogP contribution in [0.3, 0.4) is 0 Å². The van der Waals surface area contributed by atoms with Gasteiger partial charge in [-0.15, -0.1) is 0 Å². The van der Waals surface area contributed by atoms with Gasteiger partial charge < -0.3 is 24.6 Å². The molecule has 2 aliphatic heterocycles. The van der Waals surface area contributed by atoms with Crippen molar-refractivity contribution in [3.63, 3.8) is 0 Å². The zero-order chi connectivity index (χ0) is 22.5. The molecule has 32 heavy (non-hydrogen) atoms. The van der Waals surface area contributed by atoms with Crippen molar-refractivity contribution in [1.82, 2.24) is 15.5 Å². The summed E-state index contributed by atoms with van der Waals surface area (Å²) in [5.74, 6) is -0.139. The van der Waals surface area contributed by atoms with Gasteiger partial charge in [0.15, 0.2) is 5.54 Å². The molecule has 5 rings (SSSR count). The number of rotatable bonds is 5. The molecule has 3 N–H and O–H groups in total. The number of hydrogen-bond acceptors (Lipinski definition) is 7. The Balaban J connectivity index is 1.54. The van der Waals surface area contributed by atoms with Crippen molar-refractivity contribution in [2.45, 2.75) is 12.1 Å². The summed E-state index contributed by atoms with van der Waals surface area (Å²) in [6.07, 6.45) is 1.26. The summed E-state index contributed by atoms with van der Waals surface area (Å²) in [5, 5.41) is 17.3. The van der Waals surface area contributed by atoms with Gasteiger partial charge in [0.2, 0.25) is 0 Å². The molecule has 3 aromatic rings. The van der Waals surface area contributed by atoms with Crippen molar-refractivity contribution in [2.24, 2.45) is 5.16 Å². The Hall–Kier alpha value is -4.34. The number of ether oxygens (including phenoxy) is 1. The van der Waals surface area contributed by atoms with Gasteiger partial charge in [-0.3, -0.25) is 14.9 Å². The van der Waals surface area contributed by atoms with E-state index in [9.17, 15) is 14.4 Å². The monoisotopic (exact) mass is 434 g/mol. The predicted octanol–water partition coefficient (Wildman–Crippen LogP) is 1.94. The van der Waals surface area contributed by atoms with Crippen LogP contribution in [0.4, 0.5) is 4.79 Å². The second kappa shape index (κ2) is 7.12. The first-order chi connectivity index (χ1) is 15.4. The van der Waals surface area contributed by atoms with Gasteiger partial charge in [-0.2, -0.15) is 0 Å². The number of imide groups is 1. The number of carbonyl (C=O) groups excluding carboxylic acids is 3. The van der Waals surface area contributed by atoms with E-state index in [0.717, 1.165) is 5.56 Å². The lowest BCUT2D eigenvalue weighted by Gasteiger charge is -2.29. The highest BCUT2D eigenvalue weighted by atomic mass is 16.5. The van der Waals surface area contributed by atoms with E-state index in [2.05, 4.69) is 15.8 Å². The van der Waals surface area contributed by atoms with Crippen LogP contribution in [-0.4, -0.2) is 47.8 Å². The molecule has 0 spiro atoms. The van der Waals surface area contributed by atoms with Crippen LogP contribution in [0.2, 0.25) is 0 Å². The SMILES string of the molecule is COc1ccc2c(c1)C(=O)N(C[C@@]1(c3cc4cc(/C=N\O)ccc4o3)NC(=O)NC1=O)C2. The third kappa shape index (κ3) is 2.96. The lowest BCUT2D eigenvalue weighted by molar-refractivity contribution is -0.125. The number of carbonyl (C=O) groups is 3. The summed E-state index contributed by atoms with van der Waals surface area (Å²) >= 11 is 0. The average Bonchev–Trinajstić information content (AvgIpc) is 3.42. The predicted molar refractivity (Wildman–Crippen MR) is 112 cm³/mol. The molecule has 1 saturated heterocycles. The summed E-state index contributed by atoms with van der Waals surface area (Å²) in [6.45, 7) is 0.158. The maximum absolute atomic E-state index is 13.1. The van der Waals surface area contributed by atoms with E-state index in [4.69, 9.17) is 14.4 Å². The first kappa shape index (κ1) is 19.6. The van der Waals surface area contributed by atoms with Gasteiger partial charge in [0.05, 0.1) is 19.9 Å². The number of hydrogen-bond donors (Lipinski definition) is 3. The van der Waals surface area contributed by atoms with Crippen LogP contribution < -0.4 is 15.4 Å². The van der Waals surface area contributed by atoms with Crippen LogP contribution in [0.15, 0.2) is 52.0 Å². The molecule has 3 heterocycles. The summed E-state index contributed by atoms with van der Waals surface area (Å²) in [6, 6.07) is 11.3. The molecular formula is C22H18N4O6. The van der Waals surface area contributed by atoms with Crippen LogP contribution in [-0.2, 0) is 16.9 Å². The largest absolute Gasteiger partial charge is 0.497 e. The van der Waals surface area contributed by atoms with Gasteiger partial charge in [0.25, 0.3) is 11.8 Å². The topological polar surface area (TPSA) is 133 Å². The van der Waals surface area contributed by atoms with E-state index >= 15 is 0 Å². The molecular weight excluding hydrogens is 416 g/mol. The van der Waals surface area contributed by atoms with E-state index in [1.807, 2.05) is 0 Å². The summed E-state index contributed by atoms with van der Waals surface area (Å²) < 4.78 is 11.1. The minimum Gasteiger partial charge on any atom is -0.497 e. The summed E-state index contributed by atoms with van der Waals surface area (Å²) in [7, 11) is 1.52. The highest BCUT2D eigenvalue weighted by Crippen LogP contribution is 2.35. The smallest absolute Gasteiger partial charge is 0.322 e. The molecule has 0 bridgehead atoms. The van der Waals surface area contributed by atoms with E-state index in [1.54, 1.807) is 42.5 Å². The minimum absolute atomic E-state index is 0.120. The third-order valence-electron chi connectivity index (χ3n) is 5.73. The molecule has 1 fully saturated rings. The molecule has 10 heteroatoms. The number of methoxy groups -OCH3 is 1. The van der Waals surface area contributed by atoms with Crippen molar-refractivity contribution in [2.75, 3.05) is 13.7 Å². The van der Waals surface area contributed by atoms with E-state index in [0.29, 0.717) is 27.8 Å². The second-order valence-corrected chi connectivity index (χ2v) is 7.65. The summed E-state index contributed by atoms with van der Waals surface area (Å²) in [5.41, 5.74) is 0.794. The standard InChI is InChI=1S/C22H18N4O6/c1-31-15-4-3-13-10-26(19(27)16(13)8-15)11-22(20(28)24-21(29)25-22)18-7-14-6-12(9-23-30)2-5-17(14)32-18/h2-9,30H,10-11H2,1H3,(H2,24,25,28,29)/b23-9-/t22-/m0/s1. The highest BCUT2D eigenvalue weighted by molar-refractivity contribution is 6.08. The van der Waals surface area contributed by atoms with Crippen LogP contribution in [0.1, 0.15) is 27.2 Å². The molecule has 0 radical (unpaired) electrons. The number of nitrogens with one attached hydrogen (secondary N) is 2. The minimum atomic E-state index is -1.59. The maximum Gasteiger partial charge on any atom is 0.322 e. The highest BCUT2D eigenvalue weighted by Gasteiger charge is 2.53. The normalized spacial score (nSPS) is 20.2. The molecule has 0 saturated carbocycles. The van der Waals surface area contributed by atoms with Gasteiger partial charge in [-0.05, 0) is 47.5 Å². The van der Waals surface area contributed by atoms with Gasteiger partial charge in [0.1, 0.15) is 17.1 Å². The Bertz CT molecular complexity index is 1310. The Morgan fingerprint density at radius 1 is 1.22 bits per heavy atom. The zero-order valence-electron chi connectivity index (χ0n) is 16.9. The third-order valence-corrected chi connectivity index (χ3v) is 5.73. The molecule has 1 atom stereocenters. The Morgan fingerprint density at radius 2 is 2.06 bits per heavy atom. The van der Waals surface area contributed by atoms with Crippen LogP contribution >= 0.6 is 0 Å². The number of fused-ring (bicyclic) bond motifs is 2. The van der Waals surface area contributed by atoms with Crippen molar-refractivity contribution < 1.29 is 28.7 Å². The zero-order valence-corrected chi connectivity index (χ0v) is 16.9. The Labute approximate surface area is 181 Å². The fraction of sp³-hybridized carbons (Fsp3) is 0.182. The van der Waals surface area contributed by atoms with Crippen molar-refractivity contribution in [3.8, 4) is 5.75 Å². The number of nitrogens with zero attached hydrogens (tertiary/aromatic N) is 2. The van der Waals surface area contributed by atoms with Gasteiger partial charge >= 0.3 is 6.03 Å².